The summed E-state index contributed by atoms with van der Waals surface area (Å²) in [6.45, 7) is 1.19. The van der Waals surface area contributed by atoms with E-state index in [1.165, 1.54) is 5.56 Å². The van der Waals surface area contributed by atoms with Gasteiger partial charge in [-0.15, -0.1) is 0 Å². The van der Waals surface area contributed by atoms with E-state index in [1.54, 1.807) is 13.2 Å². The van der Waals surface area contributed by atoms with Crippen molar-refractivity contribution < 1.29 is 36.3 Å². The Labute approximate surface area is 150 Å². The summed E-state index contributed by atoms with van der Waals surface area (Å²) >= 11 is 0. The molecule has 1 N–H and O–H groups in total. The smallest absolute Gasteiger partial charge is 0.231 e. The fraction of sp³-hybridized carbons (Fsp3) is 0.211. The molecule has 1 aromatic heterocycles. The summed E-state index contributed by atoms with van der Waals surface area (Å²) in [6.07, 6.45) is 3.06. The van der Waals surface area contributed by atoms with Gasteiger partial charge in [0.05, 0.1) is 12.7 Å². The number of aromatic hydroxyl groups is 1. The Kier molecular flexibility index (Phi) is 3.62. The van der Waals surface area contributed by atoms with E-state index in [0.29, 0.717) is 5.75 Å². The van der Waals surface area contributed by atoms with E-state index in [2.05, 4.69) is 29.0 Å². The van der Waals surface area contributed by atoms with E-state index in [1.807, 2.05) is 6.07 Å². The lowest BCUT2D eigenvalue weighted by molar-refractivity contribution is -0.686. The lowest BCUT2D eigenvalue weighted by atomic mass is 9.95. The Hall–Kier alpha value is -2.66. The Morgan fingerprint density at radius 2 is 1.84 bits per heavy atom. The van der Waals surface area contributed by atoms with Crippen LogP contribution in [0.15, 0.2) is 36.5 Å². The van der Waals surface area contributed by atoms with Crippen LogP contribution in [0.2, 0.25) is 0 Å². The third kappa shape index (κ3) is 2.35. The highest BCUT2D eigenvalue weighted by molar-refractivity contribution is 5.87. The van der Waals surface area contributed by atoms with Crippen LogP contribution in [0.4, 0.5) is 0 Å². The average molecular weight is 358 g/mol. The van der Waals surface area contributed by atoms with Gasteiger partial charge in [-0.3, -0.25) is 0 Å². The second-order valence-electron chi connectivity index (χ2n) is 6.12. The van der Waals surface area contributed by atoms with Crippen molar-refractivity contribution in [2.75, 3.05) is 13.9 Å². The first kappa shape index (κ1) is 15.8. The molecule has 0 aliphatic carbocycles. The van der Waals surface area contributed by atoms with Crippen LogP contribution >= 0.6 is 0 Å². The van der Waals surface area contributed by atoms with Gasteiger partial charge in [0.25, 0.3) is 0 Å². The van der Waals surface area contributed by atoms with Gasteiger partial charge in [-0.2, -0.15) is 4.57 Å². The van der Waals surface area contributed by atoms with Gasteiger partial charge in [0.2, 0.25) is 12.5 Å². The molecule has 6 heteroatoms. The molecule has 0 bridgehead atoms. The first-order valence-electron chi connectivity index (χ1n) is 7.90. The second-order valence-corrected chi connectivity index (χ2v) is 6.12. The van der Waals surface area contributed by atoms with Gasteiger partial charge in [-0.05, 0) is 35.2 Å². The van der Waals surface area contributed by atoms with E-state index in [4.69, 9.17) is 14.2 Å². The zero-order valence-electron chi connectivity index (χ0n) is 13.6. The number of aromatic nitrogens is 1. The first-order chi connectivity index (χ1) is 11.7. The van der Waals surface area contributed by atoms with Crippen molar-refractivity contribution in [2.24, 2.45) is 0 Å². The lowest BCUT2D eigenvalue weighted by Crippen LogP contribution is -3.00. The van der Waals surface area contributed by atoms with Crippen LogP contribution in [-0.2, 0) is 13.0 Å². The van der Waals surface area contributed by atoms with E-state index >= 15 is 0 Å². The minimum absolute atomic E-state index is 0. The summed E-state index contributed by atoms with van der Waals surface area (Å²) in [5.41, 5.74) is 3.53. The molecule has 5 rings (SSSR count). The number of fused-ring (bicyclic) bond motifs is 5. The molecule has 0 spiro atoms. The molecule has 0 saturated heterocycles. The number of nitrogens with zero attached hydrogens (tertiary/aromatic N) is 1. The van der Waals surface area contributed by atoms with Gasteiger partial charge in [0, 0.05) is 17.9 Å². The molecular formula is C19H16ClNO4. The maximum absolute atomic E-state index is 10.1. The molecule has 2 aromatic carbocycles. The SMILES string of the molecule is COc1cc2c[n+]3c(cc2cc1O)-c1cc2c(cc1CC3)OCO2.[Cl-]. The Morgan fingerprint density at radius 3 is 2.64 bits per heavy atom. The second kappa shape index (κ2) is 5.70. The molecule has 128 valence electrons. The number of pyridine rings is 1. The number of phenols is 1. The normalized spacial score (nSPS) is 13.8. The van der Waals surface area contributed by atoms with Crippen LogP contribution in [0.25, 0.3) is 22.0 Å². The predicted molar refractivity (Wildman–Crippen MR) is 87.6 cm³/mol. The predicted octanol–water partition coefficient (Wildman–Crippen LogP) is -0.203. The molecular weight excluding hydrogens is 342 g/mol. The zero-order valence-corrected chi connectivity index (χ0v) is 14.3. The van der Waals surface area contributed by atoms with Crippen LogP contribution in [0.3, 0.4) is 0 Å². The van der Waals surface area contributed by atoms with Gasteiger partial charge >= 0.3 is 0 Å². The molecule has 0 saturated carbocycles. The number of methoxy groups -OCH3 is 1. The molecule has 0 fully saturated rings. The summed E-state index contributed by atoms with van der Waals surface area (Å²) in [6, 6.07) is 9.85. The summed E-state index contributed by atoms with van der Waals surface area (Å²) in [7, 11) is 1.56. The minimum atomic E-state index is 0. The molecule has 0 unspecified atom stereocenters. The van der Waals surface area contributed by atoms with Crippen molar-refractivity contribution in [2.45, 2.75) is 13.0 Å². The number of phenolic OH excluding ortho intramolecular Hbond substituents is 1. The molecule has 0 radical (unpaired) electrons. The Morgan fingerprint density at radius 1 is 1.04 bits per heavy atom. The van der Waals surface area contributed by atoms with E-state index in [-0.39, 0.29) is 24.9 Å². The quantitative estimate of drug-likeness (QED) is 0.613. The maximum Gasteiger partial charge on any atom is 0.231 e. The van der Waals surface area contributed by atoms with Crippen LogP contribution in [-0.4, -0.2) is 19.0 Å². The summed E-state index contributed by atoms with van der Waals surface area (Å²) < 4.78 is 18.5. The number of halogens is 1. The average Bonchev–Trinajstić information content (AvgIpc) is 3.05. The van der Waals surface area contributed by atoms with Gasteiger partial charge in [0.1, 0.15) is 0 Å². The van der Waals surface area contributed by atoms with Crippen molar-refractivity contribution in [3.8, 4) is 34.3 Å². The van der Waals surface area contributed by atoms with Crippen LogP contribution in [0.5, 0.6) is 23.0 Å². The van der Waals surface area contributed by atoms with Crippen LogP contribution in [0.1, 0.15) is 5.56 Å². The van der Waals surface area contributed by atoms with Gasteiger partial charge in [0.15, 0.2) is 35.7 Å². The largest absolute Gasteiger partial charge is 1.00 e. The third-order valence-electron chi connectivity index (χ3n) is 4.78. The molecule has 0 atom stereocenters. The third-order valence-corrected chi connectivity index (χ3v) is 4.78. The number of hydrogen-bond acceptors (Lipinski definition) is 4. The summed E-state index contributed by atoms with van der Waals surface area (Å²) in [5.74, 6) is 2.25. The van der Waals surface area contributed by atoms with E-state index in [0.717, 1.165) is 46.5 Å². The van der Waals surface area contributed by atoms with Gasteiger partial charge in [-0.1, -0.05) is 0 Å². The zero-order chi connectivity index (χ0) is 16.3. The van der Waals surface area contributed by atoms with Crippen molar-refractivity contribution in [3.05, 3.63) is 42.1 Å². The van der Waals surface area contributed by atoms with E-state index in [9.17, 15) is 5.11 Å². The van der Waals surface area contributed by atoms with Crippen LogP contribution < -0.4 is 31.2 Å². The van der Waals surface area contributed by atoms with Crippen LogP contribution in [0, 0.1) is 0 Å². The summed E-state index contributed by atoms with van der Waals surface area (Å²) in [5, 5.41) is 12.1. The molecule has 2 aliphatic heterocycles. The van der Waals surface area contributed by atoms with Crippen molar-refractivity contribution >= 4 is 10.8 Å². The highest BCUT2D eigenvalue weighted by atomic mass is 35.5. The molecule has 25 heavy (non-hydrogen) atoms. The number of benzene rings is 2. The Bertz CT molecular complexity index is 1000. The van der Waals surface area contributed by atoms with Gasteiger partial charge in [-0.25, -0.2) is 0 Å². The monoisotopic (exact) mass is 357 g/mol. The van der Waals surface area contributed by atoms with Gasteiger partial charge < -0.3 is 31.7 Å². The maximum atomic E-state index is 10.1. The fourth-order valence-electron chi connectivity index (χ4n) is 3.56. The minimum Gasteiger partial charge on any atom is -1.00 e. The standard InChI is InChI=1S/C19H15NO4.ClH/c1-22-17-7-13-9-20-3-2-11-6-18-19(24-10-23-18)8-14(11)15(20)4-12(13)5-16(17)21;/h4-9H,2-3,10H2,1H3;1H. The first-order valence-corrected chi connectivity index (χ1v) is 7.90. The van der Waals surface area contributed by atoms with Crippen molar-refractivity contribution in [1.29, 1.82) is 0 Å². The molecule has 3 heterocycles. The number of rotatable bonds is 1. The lowest BCUT2D eigenvalue weighted by Gasteiger charge is -2.16. The fourth-order valence-corrected chi connectivity index (χ4v) is 3.56. The number of aryl methyl sites for hydroxylation is 2. The molecule has 0 amide bonds. The molecule has 3 aromatic rings. The molecule has 5 nitrogen and oxygen atoms in total. The van der Waals surface area contributed by atoms with Crippen molar-refractivity contribution in [1.82, 2.24) is 0 Å². The summed E-state index contributed by atoms with van der Waals surface area (Å²) in [4.78, 5) is 0. The number of ether oxygens (including phenoxy) is 3. The molecule has 2 aliphatic rings. The highest BCUT2D eigenvalue weighted by Crippen LogP contribution is 2.40. The number of hydrogen-bond donors (Lipinski definition) is 1. The Balaban J connectivity index is 0.00000157. The topological polar surface area (TPSA) is 51.8 Å². The van der Waals surface area contributed by atoms with Crippen molar-refractivity contribution in [3.63, 3.8) is 0 Å². The van der Waals surface area contributed by atoms with E-state index < -0.39 is 0 Å². The highest BCUT2D eigenvalue weighted by Gasteiger charge is 2.27.